The van der Waals surface area contributed by atoms with Crippen molar-refractivity contribution in [1.82, 2.24) is 9.97 Å². The van der Waals surface area contributed by atoms with Gasteiger partial charge in [-0.15, -0.1) is 0 Å². The minimum absolute atomic E-state index is 0.0237. The zero-order valence-electron chi connectivity index (χ0n) is 8.82. The lowest BCUT2D eigenvalue weighted by molar-refractivity contribution is 0.102. The number of aromatic nitrogens is 2. The van der Waals surface area contributed by atoms with Crippen molar-refractivity contribution in [3.63, 3.8) is 0 Å². The van der Waals surface area contributed by atoms with Crippen LogP contribution in [0.5, 0.6) is 0 Å². The van der Waals surface area contributed by atoms with E-state index in [4.69, 9.17) is 23.2 Å². The minimum Gasteiger partial charge on any atom is -0.320 e. The van der Waals surface area contributed by atoms with Gasteiger partial charge in [-0.05, 0) is 12.1 Å². The van der Waals surface area contributed by atoms with E-state index >= 15 is 0 Å². The highest BCUT2D eigenvalue weighted by atomic mass is 35.5. The number of nitrogens with one attached hydrogen (secondary N) is 1. The van der Waals surface area contributed by atoms with Gasteiger partial charge in [-0.3, -0.25) is 9.78 Å². The van der Waals surface area contributed by atoms with E-state index in [1.165, 1.54) is 18.3 Å². The smallest absolute Gasteiger partial charge is 0.258 e. The fourth-order valence-corrected chi connectivity index (χ4v) is 1.69. The predicted molar refractivity (Wildman–Crippen MR) is 66.4 cm³/mol. The molecule has 18 heavy (non-hydrogen) atoms. The molecule has 0 saturated carbocycles. The Bertz CT molecular complexity index is 607. The average molecular weight is 286 g/mol. The lowest BCUT2D eigenvalue weighted by Gasteiger charge is -2.06. The van der Waals surface area contributed by atoms with Gasteiger partial charge in [-0.25, -0.2) is 9.37 Å². The quantitative estimate of drug-likeness (QED) is 0.863. The third kappa shape index (κ3) is 2.94. The molecular weight excluding hydrogens is 280 g/mol. The highest BCUT2D eigenvalue weighted by Gasteiger charge is 2.12. The maximum Gasteiger partial charge on any atom is 0.258 e. The van der Waals surface area contributed by atoms with E-state index in [0.717, 1.165) is 12.3 Å². The molecule has 0 bridgehead atoms. The number of anilines is 1. The fraction of sp³-hybridized carbons (Fsp3) is 0. The molecular formula is C11H6Cl2FN3O. The van der Waals surface area contributed by atoms with Crippen LogP contribution < -0.4 is 5.32 Å². The number of rotatable bonds is 2. The molecule has 92 valence electrons. The Morgan fingerprint density at radius 3 is 2.72 bits per heavy atom. The summed E-state index contributed by atoms with van der Waals surface area (Å²) in [5.74, 6) is -1.07. The van der Waals surface area contributed by atoms with E-state index in [1.807, 2.05) is 0 Å². The summed E-state index contributed by atoms with van der Waals surface area (Å²) in [6.07, 6.45) is 2.35. The molecule has 2 heterocycles. The second kappa shape index (κ2) is 5.29. The molecule has 0 atom stereocenters. The molecule has 0 radical (unpaired) electrons. The second-order valence-corrected chi connectivity index (χ2v) is 4.06. The Balaban J connectivity index is 2.22. The van der Waals surface area contributed by atoms with E-state index in [-0.39, 0.29) is 21.6 Å². The van der Waals surface area contributed by atoms with Gasteiger partial charge in [0.2, 0.25) is 0 Å². The molecule has 1 amide bonds. The Morgan fingerprint density at radius 2 is 2.06 bits per heavy atom. The zero-order chi connectivity index (χ0) is 13.1. The van der Waals surface area contributed by atoms with Crippen LogP contribution in [0.15, 0.2) is 30.6 Å². The Hall–Kier alpha value is -1.72. The van der Waals surface area contributed by atoms with Crippen molar-refractivity contribution in [2.24, 2.45) is 0 Å². The van der Waals surface area contributed by atoms with Crippen molar-refractivity contribution < 1.29 is 9.18 Å². The monoisotopic (exact) mass is 285 g/mol. The number of carbonyl (C=O) groups is 1. The summed E-state index contributed by atoms with van der Waals surface area (Å²) in [4.78, 5) is 19.2. The molecule has 0 aliphatic heterocycles. The topological polar surface area (TPSA) is 54.9 Å². The van der Waals surface area contributed by atoms with Crippen LogP contribution in [0.1, 0.15) is 10.4 Å². The third-order valence-electron chi connectivity index (χ3n) is 2.02. The van der Waals surface area contributed by atoms with Crippen LogP contribution in [0.2, 0.25) is 10.3 Å². The summed E-state index contributed by atoms with van der Waals surface area (Å²) in [7, 11) is 0. The maximum absolute atomic E-state index is 12.9. The van der Waals surface area contributed by atoms with Crippen molar-refractivity contribution in [1.29, 1.82) is 0 Å². The van der Waals surface area contributed by atoms with E-state index in [0.29, 0.717) is 0 Å². The van der Waals surface area contributed by atoms with Gasteiger partial charge >= 0.3 is 0 Å². The predicted octanol–water partition coefficient (Wildman–Crippen LogP) is 3.17. The lowest BCUT2D eigenvalue weighted by Crippen LogP contribution is -2.13. The SMILES string of the molecule is O=C(Nc1cncc(F)c1)c1ccc(Cl)nc1Cl. The Labute approximate surface area is 112 Å². The van der Waals surface area contributed by atoms with Crippen LogP contribution in [-0.2, 0) is 0 Å². The number of amides is 1. The molecule has 1 N–H and O–H groups in total. The van der Waals surface area contributed by atoms with Gasteiger partial charge in [0, 0.05) is 6.07 Å². The van der Waals surface area contributed by atoms with Crippen molar-refractivity contribution in [2.45, 2.75) is 0 Å². The van der Waals surface area contributed by atoms with Crippen LogP contribution >= 0.6 is 23.2 Å². The molecule has 0 saturated heterocycles. The molecule has 2 aromatic heterocycles. The van der Waals surface area contributed by atoms with Crippen LogP contribution in [0, 0.1) is 5.82 Å². The number of hydrogen-bond acceptors (Lipinski definition) is 3. The average Bonchev–Trinajstić information content (AvgIpc) is 2.28. The molecule has 0 aromatic carbocycles. The Morgan fingerprint density at radius 1 is 1.28 bits per heavy atom. The molecule has 7 heteroatoms. The van der Waals surface area contributed by atoms with Gasteiger partial charge in [0.15, 0.2) is 0 Å². The van der Waals surface area contributed by atoms with E-state index in [2.05, 4.69) is 15.3 Å². The standard InChI is InChI=1S/C11H6Cl2FN3O/c12-9-2-1-8(10(13)17-9)11(18)16-7-3-6(14)4-15-5-7/h1-5H,(H,16,18). The van der Waals surface area contributed by atoms with Crippen molar-refractivity contribution in [3.05, 3.63) is 52.3 Å². The summed E-state index contributed by atoms with van der Waals surface area (Å²) in [5.41, 5.74) is 0.372. The van der Waals surface area contributed by atoms with E-state index in [1.54, 1.807) is 0 Å². The first-order valence-corrected chi connectivity index (χ1v) is 5.56. The molecule has 2 rings (SSSR count). The summed E-state index contributed by atoms with van der Waals surface area (Å²) >= 11 is 11.4. The van der Waals surface area contributed by atoms with Gasteiger partial charge < -0.3 is 5.32 Å². The molecule has 0 fully saturated rings. The molecule has 0 spiro atoms. The largest absolute Gasteiger partial charge is 0.320 e. The number of pyridine rings is 2. The summed E-state index contributed by atoms with van der Waals surface area (Å²) in [6.45, 7) is 0. The van der Waals surface area contributed by atoms with E-state index < -0.39 is 11.7 Å². The summed E-state index contributed by atoms with van der Waals surface area (Å²) in [5, 5.41) is 2.61. The maximum atomic E-state index is 12.9. The van der Waals surface area contributed by atoms with Gasteiger partial charge in [-0.1, -0.05) is 23.2 Å². The van der Waals surface area contributed by atoms with E-state index in [9.17, 15) is 9.18 Å². The van der Waals surface area contributed by atoms with Gasteiger partial charge in [0.05, 0.1) is 23.6 Å². The number of carbonyl (C=O) groups excluding carboxylic acids is 1. The Kier molecular flexibility index (Phi) is 3.74. The summed E-state index contributed by atoms with van der Waals surface area (Å²) < 4.78 is 12.9. The zero-order valence-corrected chi connectivity index (χ0v) is 10.3. The number of hydrogen-bond donors (Lipinski definition) is 1. The van der Waals surface area contributed by atoms with Gasteiger partial charge in [0.1, 0.15) is 16.1 Å². The van der Waals surface area contributed by atoms with Crippen molar-refractivity contribution in [2.75, 3.05) is 5.32 Å². The highest BCUT2D eigenvalue weighted by molar-refractivity contribution is 6.35. The van der Waals surface area contributed by atoms with Crippen molar-refractivity contribution >= 4 is 34.8 Å². The van der Waals surface area contributed by atoms with Crippen molar-refractivity contribution in [3.8, 4) is 0 Å². The summed E-state index contributed by atoms with van der Waals surface area (Å²) in [6, 6.07) is 4.01. The van der Waals surface area contributed by atoms with Gasteiger partial charge in [-0.2, -0.15) is 0 Å². The minimum atomic E-state index is -0.548. The molecule has 0 unspecified atom stereocenters. The van der Waals surface area contributed by atoms with Gasteiger partial charge in [0.25, 0.3) is 5.91 Å². The molecule has 0 aliphatic carbocycles. The first-order valence-electron chi connectivity index (χ1n) is 4.80. The first-order chi connectivity index (χ1) is 8.56. The highest BCUT2D eigenvalue weighted by Crippen LogP contribution is 2.18. The third-order valence-corrected chi connectivity index (χ3v) is 2.52. The lowest BCUT2D eigenvalue weighted by atomic mass is 10.2. The molecule has 4 nitrogen and oxygen atoms in total. The molecule has 0 aliphatic rings. The second-order valence-electron chi connectivity index (χ2n) is 3.32. The number of nitrogens with zero attached hydrogens (tertiary/aromatic N) is 2. The van der Waals surface area contributed by atoms with Crippen LogP contribution in [-0.4, -0.2) is 15.9 Å². The molecule has 2 aromatic rings. The van der Waals surface area contributed by atoms with Crippen LogP contribution in [0.4, 0.5) is 10.1 Å². The fourth-order valence-electron chi connectivity index (χ4n) is 1.26. The first kappa shape index (κ1) is 12.7. The van der Waals surface area contributed by atoms with Crippen LogP contribution in [0.3, 0.4) is 0 Å². The number of halogens is 3. The normalized spacial score (nSPS) is 10.2. The van der Waals surface area contributed by atoms with Crippen LogP contribution in [0.25, 0.3) is 0 Å².